The van der Waals surface area contributed by atoms with E-state index in [9.17, 15) is 40.2 Å². The average Bonchev–Trinajstić information content (AvgIpc) is 3.83. The van der Waals surface area contributed by atoms with Crippen molar-refractivity contribution in [3.8, 4) is 0 Å². The largest absolute Gasteiger partial charge is 0.472 e. The molecule has 6 N–H and O–H groups in total. The molecule has 3 saturated heterocycles. The van der Waals surface area contributed by atoms with Gasteiger partial charge in [-0.1, -0.05) is 36.4 Å². The molecule has 7 rings (SSSR count). The van der Waals surface area contributed by atoms with Crippen LogP contribution in [-0.4, -0.2) is 141 Å². The van der Waals surface area contributed by atoms with E-state index in [0.29, 0.717) is 0 Å². The summed E-state index contributed by atoms with van der Waals surface area (Å²) in [6.07, 6.45) is -14.4. The maximum Gasteiger partial charge on any atom is 0.338 e. The summed E-state index contributed by atoms with van der Waals surface area (Å²) in [6, 6.07) is 16.3. The number of hydrogen-bond donors (Lipinski definition) is 6. The molecule has 4 fully saturated rings. The van der Waals surface area contributed by atoms with Crippen LogP contribution in [0.25, 0.3) is 0 Å². The van der Waals surface area contributed by atoms with Gasteiger partial charge < -0.3 is 68.5 Å². The SMILES string of the molecule is CC1OC(OC2C3C=COC(OC4OC(CO)C(O)C(O)C4O)C3C3(CO)OC23)C(O)C(OC(=O)c2ccccc2)C1OC(=O)c1ccccc1. The molecule has 2 aromatic carbocycles. The number of epoxide rings is 1. The highest BCUT2D eigenvalue weighted by Gasteiger charge is 2.77. The maximum absolute atomic E-state index is 13.2. The molecular weight excluding hydrogens is 676 g/mol. The van der Waals surface area contributed by atoms with Crippen molar-refractivity contribution in [1.29, 1.82) is 0 Å². The van der Waals surface area contributed by atoms with Crippen LogP contribution in [0.4, 0.5) is 0 Å². The lowest BCUT2D eigenvalue weighted by Crippen LogP contribution is -2.61. The first-order valence-electron chi connectivity index (χ1n) is 16.7. The van der Waals surface area contributed by atoms with E-state index in [1.54, 1.807) is 61.5 Å². The quantitative estimate of drug-likeness (QED) is 0.128. The summed E-state index contributed by atoms with van der Waals surface area (Å²) in [5.41, 5.74) is -0.817. The highest BCUT2D eigenvalue weighted by atomic mass is 16.8. The molecule has 0 amide bonds. The van der Waals surface area contributed by atoms with Crippen molar-refractivity contribution in [2.75, 3.05) is 13.2 Å². The monoisotopic (exact) mass is 716 g/mol. The van der Waals surface area contributed by atoms with E-state index in [2.05, 4.69) is 0 Å². The van der Waals surface area contributed by atoms with E-state index in [0.717, 1.165) is 0 Å². The predicted molar refractivity (Wildman–Crippen MR) is 167 cm³/mol. The summed E-state index contributed by atoms with van der Waals surface area (Å²) in [7, 11) is 0. The Hall–Kier alpha value is -3.52. The molecule has 0 radical (unpaired) electrons. The fourth-order valence-electron chi connectivity index (χ4n) is 7.39. The van der Waals surface area contributed by atoms with Gasteiger partial charge in [-0.05, 0) is 37.3 Å². The minimum Gasteiger partial charge on any atom is -0.472 e. The van der Waals surface area contributed by atoms with Crippen LogP contribution in [0.2, 0.25) is 0 Å². The summed E-state index contributed by atoms with van der Waals surface area (Å²) in [6.45, 7) is 0.417. The molecule has 1 saturated carbocycles. The Kier molecular flexibility index (Phi) is 10.2. The van der Waals surface area contributed by atoms with Gasteiger partial charge in [0.1, 0.15) is 42.2 Å². The van der Waals surface area contributed by atoms with Gasteiger partial charge in [-0.25, -0.2) is 9.59 Å². The smallest absolute Gasteiger partial charge is 0.338 e. The normalized spacial score (nSPS) is 42.6. The lowest BCUT2D eigenvalue weighted by molar-refractivity contribution is -0.346. The fourth-order valence-corrected chi connectivity index (χ4v) is 7.39. The van der Waals surface area contributed by atoms with Crippen LogP contribution in [0, 0.1) is 11.8 Å². The Bertz CT molecular complexity index is 1560. The second kappa shape index (κ2) is 14.5. The van der Waals surface area contributed by atoms with E-state index in [1.807, 2.05) is 0 Å². The Morgan fingerprint density at radius 2 is 1.33 bits per heavy atom. The molecule has 276 valence electrons. The molecule has 4 heterocycles. The molecule has 16 heteroatoms. The summed E-state index contributed by atoms with van der Waals surface area (Å²) >= 11 is 0. The zero-order valence-corrected chi connectivity index (χ0v) is 27.3. The van der Waals surface area contributed by atoms with Crippen molar-refractivity contribution >= 4 is 11.9 Å². The molecule has 5 aliphatic rings. The van der Waals surface area contributed by atoms with Gasteiger partial charge >= 0.3 is 11.9 Å². The lowest BCUT2D eigenvalue weighted by Gasteiger charge is -2.44. The first kappa shape index (κ1) is 35.9. The van der Waals surface area contributed by atoms with Crippen molar-refractivity contribution in [2.24, 2.45) is 11.8 Å². The van der Waals surface area contributed by atoms with Gasteiger partial charge in [-0.15, -0.1) is 0 Å². The predicted octanol–water partition coefficient (Wildman–Crippen LogP) is -1.01. The Labute approximate surface area is 291 Å². The first-order chi connectivity index (χ1) is 24.6. The third-order valence-electron chi connectivity index (χ3n) is 10.1. The molecular formula is C35H40O16. The second-order valence-corrected chi connectivity index (χ2v) is 13.2. The summed E-state index contributed by atoms with van der Waals surface area (Å²) < 4.78 is 47.2. The van der Waals surface area contributed by atoms with E-state index in [4.69, 9.17) is 37.9 Å². The third-order valence-corrected chi connectivity index (χ3v) is 10.1. The fraction of sp³-hybridized carbons (Fsp3) is 0.543. The number of carbonyl (C=O) groups excluding carboxylic acids is 2. The Balaban J connectivity index is 1.11. The Morgan fingerprint density at radius 1 is 0.725 bits per heavy atom. The highest BCUT2D eigenvalue weighted by molar-refractivity contribution is 5.90. The molecule has 16 atom stereocenters. The van der Waals surface area contributed by atoms with Crippen molar-refractivity contribution in [1.82, 2.24) is 0 Å². The molecule has 16 nitrogen and oxygen atoms in total. The number of rotatable bonds is 10. The third kappa shape index (κ3) is 6.55. The molecule has 0 spiro atoms. The average molecular weight is 717 g/mol. The molecule has 51 heavy (non-hydrogen) atoms. The number of fused-ring (bicyclic) bond motifs is 3. The number of ether oxygens (including phenoxy) is 8. The van der Waals surface area contributed by atoms with Crippen molar-refractivity contribution in [2.45, 2.75) is 92.4 Å². The van der Waals surface area contributed by atoms with Crippen LogP contribution in [0.5, 0.6) is 0 Å². The van der Waals surface area contributed by atoms with Crippen LogP contribution < -0.4 is 0 Å². The summed E-state index contributed by atoms with van der Waals surface area (Å²) in [5.74, 6) is -2.87. The van der Waals surface area contributed by atoms with Gasteiger partial charge in [0.25, 0.3) is 0 Å². The number of benzene rings is 2. The molecule has 2 aromatic rings. The number of aliphatic hydroxyl groups excluding tert-OH is 6. The Morgan fingerprint density at radius 3 is 1.94 bits per heavy atom. The van der Waals surface area contributed by atoms with E-state index < -0.39 is 122 Å². The zero-order valence-electron chi connectivity index (χ0n) is 27.3. The van der Waals surface area contributed by atoms with Gasteiger partial charge in [0.2, 0.25) is 6.29 Å². The summed E-state index contributed by atoms with van der Waals surface area (Å²) in [5, 5.41) is 62.8. The maximum atomic E-state index is 13.2. The minimum atomic E-state index is -1.71. The van der Waals surface area contributed by atoms with Crippen molar-refractivity contribution < 1.29 is 78.1 Å². The second-order valence-electron chi connectivity index (χ2n) is 13.2. The molecule has 1 aliphatic carbocycles. The molecule has 16 unspecified atom stereocenters. The standard InChI is InChI=1S/C35H40O16/c1-16-26(47-30(42)17-8-4-2-5-9-17)28(48-31(43)18-10-6-3-7-11-18)25(41)34(45-16)49-27-19-12-13-44-32(21(19)35(15-37)29(27)51-35)50-33-24(40)23(39)22(38)20(14-36)46-33/h2-13,16,19-29,32-34,36-41H,14-15H2,1H3. The molecule has 0 bridgehead atoms. The molecule has 4 aliphatic heterocycles. The van der Waals surface area contributed by atoms with Crippen molar-refractivity contribution in [3.63, 3.8) is 0 Å². The van der Waals surface area contributed by atoms with Gasteiger partial charge in [0, 0.05) is 5.92 Å². The van der Waals surface area contributed by atoms with E-state index in [1.165, 1.54) is 18.4 Å². The van der Waals surface area contributed by atoms with Crippen LogP contribution >= 0.6 is 0 Å². The van der Waals surface area contributed by atoms with Gasteiger partial charge in [-0.2, -0.15) is 0 Å². The number of carbonyl (C=O) groups is 2. The van der Waals surface area contributed by atoms with Crippen LogP contribution in [-0.2, 0) is 37.9 Å². The van der Waals surface area contributed by atoms with Crippen molar-refractivity contribution in [3.05, 3.63) is 84.1 Å². The van der Waals surface area contributed by atoms with Gasteiger partial charge in [0.05, 0.1) is 48.7 Å². The first-order valence-corrected chi connectivity index (χ1v) is 16.7. The van der Waals surface area contributed by atoms with Gasteiger partial charge in [0.15, 0.2) is 24.8 Å². The highest BCUT2D eigenvalue weighted by Crippen LogP contribution is 2.61. The number of hydrogen-bond acceptors (Lipinski definition) is 16. The van der Waals surface area contributed by atoms with E-state index >= 15 is 0 Å². The molecule has 0 aromatic heterocycles. The summed E-state index contributed by atoms with van der Waals surface area (Å²) in [4.78, 5) is 26.3. The number of esters is 2. The minimum absolute atomic E-state index is 0.199. The van der Waals surface area contributed by atoms with Crippen LogP contribution in [0.1, 0.15) is 27.6 Å². The zero-order chi connectivity index (χ0) is 36.0. The van der Waals surface area contributed by atoms with Crippen LogP contribution in [0.15, 0.2) is 73.0 Å². The lowest BCUT2D eigenvalue weighted by atomic mass is 9.85. The van der Waals surface area contributed by atoms with Gasteiger partial charge in [-0.3, -0.25) is 0 Å². The van der Waals surface area contributed by atoms with E-state index in [-0.39, 0.29) is 11.1 Å². The number of aliphatic hydroxyl groups is 6. The van der Waals surface area contributed by atoms with Crippen LogP contribution in [0.3, 0.4) is 0 Å². The topological polar surface area (TPSA) is 233 Å².